The van der Waals surface area contributed by atoms with Crippen LogP contribution in [0.25, 0.3) is 0 Å². The maximum absolute atomic E-state index is 11.5. The highest BCUT2D eigenvalue weighted by Gasteiger charge is 2.26. The summed E-state index contributed by atoms with van der Waals surface area (Å²) < 4.78 is 5.55. The minimum Gasteiger partial charge on any atom is -0.477 e. The minimum absolute atomic E-state index is 0.127. The summed E-state index contributed by atoms with van der Waals surface area (Å²) >= 11 is 1.71. The number of nitrogens with one attached hydrogen (secondary N) is 1. The fourth-order valence-corrected chi connectivity index (χ4v) is 2.48. The quantitative estimate of drug-likeness (QED) is 0.899. The van der Waals surface area contributed by atoms with Crippen LogP contribution in [-0.4, -0.2) is 16.6 Å². The Morgan fingerprint density at radius 1 is 1.50 bits per heavy atom. The number of H-pyrrole nitrogens is 1. The number of hydrogen-bond donors (Lipinski definition) is 1. The Hall–Kier alpha value is -1.62. The van der Waals surface area contributed by atoms with Gasteiger partial charge in [-0.05, 0) is 24.3 Å². The topological polar surface area (TPSA) is 55.0 Å². The molecule has 1 fully saturated rings. The van der Waals surface area contributed by atoms with Gasteiger partial charge in [0.2, 0.25) is 5.88 Å². The van der Waals surface area contributed by atoms with Crippen molar-refractivity contribution >= 4 is 11.3 Å². The highest BCUT2D eigenvalue weighted by Crippen LogP contribution is 2.37. The highest BCUT2D eigenvalue weighted by atomic mass is 32.1. The lowest BCUT2D eigenvalue weighted by molar-refractivity contribution is 0.308. The van der Waals surface area contributed by atoms with Gasteiger partial charge in [-0.1, -0.05) is 6.07 Å². The van der Waals surface area contributed by atoms with Crippen LogP contribution in [0.4, 0.5) is 0 Å². The third-order valence-corrected chi connectivity index (χ3v) is 3.82. The predicted octanol–water partition coefficient (Wildman–Crippen LogP) is 2.33. The van der Waals surface area contributed by atoms with Gasteiger partial charge in [0.15, 0.2) is 0 Å². The maximum Gasteiger partial charge on any atom is 0.254 e. The molecule has 1 N–H and O–H groups in total. The van der Waals surface area contributed by atoms with Gasteiger partial charge in [0, 0.05) is 17.2 Å². The zero-order valence-electron chi connectivity index (χ0n) is 9.89. The van der Waals surface area contributed by atoms with E-state index in [9.17, 15) is 4.79 Å². The maximum atomic E-state index is 11.5. The van der Waals surface area contributed by atoms with Gasteiger partial charge in [0.05, 0.1) is 12.7 Å². The highest BCUT2D eigenvalue weighted by molar-refractivity contribution is 7.09. The van der Waals surface area contributed by atoms with Crippen molar-refractivity contribution in [3.8, 4) is 5.88 Å². The second kappa shape index (κ2) is 4.94. The standard InChI is InChI=1S/C13H14N2O2S/c16-11-8-12(15-13(14-11)9-3-4-9)17-6-5-10-2-1-7-18-10/h1-2,7-9H,3-6H2,(H,14,15,16). The van der Waals surface area contributed by atoms with Crippen molar-refractivity contribution in [3.63, 3.8) is 0 Å². The minimum atomic E-state index is -0.127. The number of aromatic amines is 1. The summed E-state index contributed by atoms with van der Waals surface area (Å²) in [5, 5.41) is 2.05. The SMILES string of the molecule is O=c1cc(OCCc2cccs2)nc(C2CC2)[nH]1. The predicted molar refractivity (Wildman–Crippen MR) is 70.4 cm³/mol. The molecule has 4 nitrogen and oxygen atoms in total. The average molecular weight is 262 g/mol. The molecule has 0 radical (unpaired) electrons. The van der Waals surface area contributed by atoms with Gasteiger partial charge in [0.25, 0.3) is 5.56 Å². The van der Waals surface area contributed by atoms with Crippen molar-refractivity contribution in [1.82, 2.24) is 9.97 Å². The monoisotopic (exact) mass is 262 g/mol. The van der Waals surface area contributed by atoms with E-state index in [-0.39, 0.29) is 5.56 Å². The molecular formula is C13H14N2O2S. The Morgan fingerprint density at radius 3 is 3.11 bits per heavy atom. The summed E-state index contributed by atoms with van der Waals surface area (Å²) in [7, 11) is 0. The molecule has 5 heteroatoms. The number of hydrogen-bond acceptors (Lipinski definition) is 4. The Labute approximate surface area is 109 Å². The van der Waals surface area contributed by atoms with E-state index in [1.54, 1.807) is 11.3 Å². The van der Waals surface area contributed by atoms with Gasteiger partial charge in [-0.2, -0.15) is 4.98 Å². The lowest BCUT2D eigenvalue weighted by atomic mass is 10.3. The van der Waals surface area contributed by atoms with E-state index in [2.05, 4.69) is 16.0 Å². The van der Waals surface area contributed by atoms with Crippen LogP contribution in [0.5, 0.6) is 5.88 Å². The summed E-state index contributed by atoms with van der Waals surface area (Å²) in [6, 6.07) is 5.52. The van der Waals surface area contributed by atoms with Crippen LogP contribution in [0.15, 0.2) is 28.4 Å². The van der Waals surface area contributed by atoms with Gasteiger partial charge in [-0.25, -0.2) is 0 Å². The van der Waals surface area contributed by atoms with Crippen LogP contribution >= 0.6 is 11.3 Å². The molecule has 1 saturated carbocycles. The summed E-state index contributed by atoms with van der Waals surface area (Å²) in [6.07, 6.45) is 3.08. The van der Waals surface area contributed by atoms with Crippen LogP contribution < -0.4 is 10.3 Å². The molecule has 2 aromatic heterocycles. The van der Waals surface area contributed by atoms with E-state index in [0.717, 1.165) is 25.1 Å². The number of nitrogens with zero attached hydrogens (tertiary/aromatic N) is 1. The van der Waals surface area contributed by atoms with Crippen LogP contribution in [-0.2, 0) is 6.42 Å². The molecule has 0 aliphatic heterocycles. The van der Waals surface area contributed by atoms with Crippen molar-refractivity contribution < 1.29 is 4.74 Å². The lowest BCUT2D eigenvalue weighted by Gasteiger charge is -2.05. The molecule has 1 aliphatic carbocycles. The Kier molecular flexibility index (Phi) is 3.15. The van der Waals surface area contributed by atoms with E-state index >= 15 is 0 Å². The number of thiophene rings is 1. The second-order valence-corrected chi connectivity index (χ2v) is 5.45. The zero-order valence-corrected chi connectivity index (χ0v) is 10.7. The molecule has 0 aromatic carbocycles. The largest absolute Gasteiger partial charge is 0.477 e. The summed E-state index contributed by atoms with van der Waals surface area (Å²) in [4.78, 5) is 19.9. The van der Waals surface area contributed by atoms with Crippen molar-refractivity contribution in [2.24, 2.45) is 0 Å². The van der Waals surface area contributed by atoms with E-state index in [1.807, 2.05) is 11.4 Å². The fraction of sp³-hybridized carbons (Fsp3) is 0.385. The zero-order chi connectivity index (χ0) is 12.4. The molecule has 0 spiro atoms. The molecule has 2 heterocycles. The van der Waals surface area contributed by atoms with Gasteiger partial charge >= 0.3 is 0 Å². The first kappa shape index (κ1) is 11.5. The molecule has 0 amide bonds. The first-order valence-electron chi connectivity index (χ1n) is 6.08. The normalized spacial score (nSPS) is 14.7. The third-order valence-electron chi connectivity index (χ3n) is 2.88. The molecule has 0 unspecified atom stereocenters. The van der Waals surface area contributed by atoms with E-state index < -0.39 is 0 Å². The van der Waals surface area contributed by atoms with Crippen LogP contribution in [0, 0.1) is 0 Å². The summed E-state index contributed by atoms with van der Waals surface area (Å²) in [6.45, 7) is 0.557. The first-order valence-corrected chi connectivity index (χ1v) is 6.96. The lowest BCUT2D eigenvalue weighted by Crippen LogP contribution is -2.12. The van der Waals surface area contributed by atoms with Crippen LogP contribution in [0.2, 0.25) is 0 Å². The first-order chi connectivity index (χ1) is 8.81. The number of rotatable bonds is 5. The van der Waals surface area contributed by atoms with Crippen molar-refractivity contribution in [1.29, 1.82) is 0 Å². The number of aromatic nitrogens is 2. The van der Waals surface area contributed by atoms with Crippen molar-refractivity contribution in [3.05, 3.63) is 44.6 Å². The molecule has 94 valence electrons. The summed E-state index contributed by atoms with van der Waals surface area (Å²) in [5.41, 5.74) is -0.127. The molecular weight excluding hydrogens is 248 g/mol. The van der Waals surface area contributed by atoms with Crippen LogP contribution in [0.1, 0.15) is 29.5 Å². The van der Waals surface area contributed by atoms with Gasteiger partial charge in [0.1, 0.15) is 5.82 Å². The van der Waals surface area contributed by atoms with Gasteiger partial charge in [-0.3, -0.25) is 4.79 Å². The number of ether oxygens (including phenoxy) is 1. The molecule has 1 aliphatic rings. The van der Waals surface area contributed by atoms with Crippen molar-refractivity contribution in [2.75, 3.05) is 6.61 Å². The van der Waals surface area contributed by atoms with E-state index in [4.69, 9.17) is 4.74 Å². The third kappa shape index (κ3) is 2.79. The summed E-state index contributed by atoms with van der Waals surface area (Å²) in [5.74, 6) is 1.64. The van der Waals surface area contributed by atoms with Gasteiger partial charge in [-0.15, -0.1) is 11.3 Å². The molecule has 0 bridgehead atoms. The van der Waals surface area contributed by atoms with E-state index in [0.29, 0.717) is 18.4 Å². The fourth-order valence-electron chi connectivity index (χ4n) is 1.79. The Bertz CT molecular complexity index is 573. The van der Waals surface area contributed by atoms with E-state index in [1.165, 1.54) is 10.9 Å². The second-order valence-electron chi connectivity index (χ2n) is 4.42. The Balaban J connectivity index is 1.63. The smallest absolute Gasteiger partial charge is 0.254 e. The average Bonchev–Trinajstić information content (AvgIpc) is 3.08. The van der Waals surface area contributed by atoms with Crippen LogP contribution in [0.3, 0.4) is 0 Å². The molecule has 2 aromatic rings. The molecule has 18 heavy (non-hydrogen) atoms. The molecule has 0 atom stereocenters. The van der Waals surface area contributed by atoms with Crippen molar-refractivity contribution in [2.45, 2.75) is 25.2 Å². The van der Waals surface area contributed by atoms with Gasteiger partial charge < -0.3 is 9.72 Å². The Morgan fingerprint density at radius 2 is 2.39 bits per heavy atom. The molecule has 0 saturated heterocycles. The molecule has 3 rings (SSSR count).